The van der Waals surface area contributed by atoms with Crippen LogP contribution in [0.2, 0.25) is 0 Å². The summed E-state index contributed by atoms with van der Waals surface area (Å²) >= 11 is 0. The van der Waals surface area contributed by atoms with Gasteiger partial charge in [0.25, 0.3) is 0 Å². The molecule has 1 fully saturated rings. The number of likely N-dealkylation sites (N-methyl/N-ethyl adjacent to an activating group) is 1. The first-order valence-corrected chi connectivity index (χ1v) is 6.17. The molecule has 1 aromatic carbocycles. The molecular formula is C14H19NO3. The van der Waals surface area contributed by atoms with Crippen molar-refractivity contribution < 1.29 is 14.6 Å². The third kappa shape index (κ3) is 2.64. The predicted molar refractivity (Wildman–Crippen MR) is 69.0 cm³/mol. The average Bonchev–Trinajstić information content (AvgIpc) is 2.38. The van der Waals surface area contributed by atoms with Crippen LogP contribution in [-0.2, 0) is 4.79 Å². The zero-order valence-corrected chi connectivity index (χ0v) is 10.8. The van der Waals surface area contributed by atoms with E-state index in [1.807, 2.05) is 31.3 Å². The van der Waals surface area contributed by atoms with Gasteiger partial charge in [-0.3, -0.25) is 4.79 Å². The molecule has 0 aliphatic carbocycles. The van der Waals surface area contributed by atoms with Crippen molar-refractivity contribution in [2.75, 3.05) is 27.2 Å². The molecule has 1 heterocycles. The third-order valence-corrected chi connectivity index (χ3v) is 3.66. The maximum Gasteiger partial charge on any atom is 0.307 e. The monoisotopic (exact) mass is 249 g/mol. The van der Waals surface area contributed by atoms with Gasteiger partial charge in [-0.1, -0.05) is 12.1 Å². The second-order valence-corrected chi connectivity index (χ2v) is 4.88. The van der Waals surface area contributed by atoms with Crippen LogP contribution in [0.1, 0.15) is 17.9 Å². The number of methoxy groups -OCH3 is 1. The van der Waals surface area contributed by atoms with Gasteiger partial charge < -0.3 is 14.7 Å². The standard InChI is InChI=1S/C14H19NO3/c1-15-7-6-12(14(16)17)13(9-15)10-4-3-5-11(8-10)18-2/h3-5,8,12-13H,6-7,9H2,1-2H3,(H,16,17). The molecular weight excluding hydrogens is 230 g/mol. The van der Waals surface area contributed by atoms with Crippen molar-refractivity contribution >= 4 is 5.97 Å². The van der Waals surface area contributed by atoms with Crippen LogP contribution in [0.15, 0.2) is 24.3 Å². The molecule has 2 atom stereocenters. The summed E-state index contributed by atoms with van der Waals surface area (Å²) in [5.41, 5.74) is 1.05. The van der Waals surface area contributed by atoms with Crippen molar-refractivity contribution in [3.05, 3.63) is 29.8 Å². The van der Waals surface area contributed by atoms with E-state index in [1.54, 1.807) is 7.11 Å². The number of carboxylic acid groups (broad SMARTS) is 1. The summed E-state index contributed by atoms with van der Waals surface area (Å²) in [6.45, 7) is 1.63. The predicted octanol–water partition coefficient (Wildman–Crippen LogP) is 1.82. The topological polar surface area (TPSA) is 49.8 Å². The van der Waals surface area contributed by atoms with Crippen molar-refractivity contribution in [1.82, 2.24) is 4.90 Å². The van der Waals surface area contributed by atoms with Gasteiger partial charge in [-0.15, -0.1) is 0 Å². The molecule has 2 rings (SSSR count). The highest BCUT2D eigenvalue weighted by molar-refractivity contribution is 5.71. The van der Waals surface area contributed by atoms with Crippen molar-refractivity contribution in [3.63, 3.8) is 0 Å². The maximum atomic E-state index is 11.3. The van der Waals surface area contributed by atoms with E-state index in [2.05, 4.69) is 4.90 Å². The fourth-order valence-electron chi connectivity index (χ4n) is 2.62. The van der Waals surface area contributed by atoms with Gasteiger partial charge >= 0.3 is 5.97 Å². The first-order valence-electron chi connectivity index (χ1n) is 6.17. The molecule has 1 saturated heterocycles. The highest BCUT2D eigenvalue weighted by Crippen LogP contribution is 2.33. The lowest BCUT2D eigenvalue weighted by Crippen LogP contribution is -2.39. The van der Waals surface area contributed by atoms with Crippen LogP contribution >= 0.6 is 0 Å². The SMILES string of the molecule is COc1cccc(C2CN(C)CCC2C(=O)O)c1. The summed E-state index contributed by atoms with van der Waals surface area (Å²) in [5, 5.41) is 9.33. The van der Waals surface area contributed by atoms with Gasteiger partial charge in [-0.05, 0) is 37.7 Å². The second kappa shape index (κ2) is 5.40. The normalized spacial score (nSPS) is 24.8. The Bertz CT molecular complexity index is 433. The van der Waals surface area contributed by atoms with E-state index in [-0.39, 0.29) is 11.8 Å². The van der Waals surface area contributed by atoms with Gasteiger partial charge in [0, 0.05) is 12.5 Å². The molecule has 0 spiro atoms. The van der Waals surface area contributed by atoms with Crippen LogP contribution in [0, 0.1) is 5.92 Å². The van der Waals surface area contributed by atoms with E-state index >= 15 is 0 Å². The quantitative estimate of drug-likeness (QED) is 0.887. The van der Waals surface area contributed by atoms with Crippen molar-refractivity contribution in [3.8, 4) is 5.75 Å². The Kier molecular flexibility index (Phi) is 3.87. The zero-order chi connectivity index (χ0) is 13.1. The first kappa shape index (κ1) is 12.9. The molecule has 0 bridgehead atoms. The molecule has 1 aromatic rings. The molecule has 0 aromatic heterocycles. The van der Waals surface area contributed by atoms with Crippen LogP contribution in [0.4, 0.5) is 0 Å². The molecule has 4 heteroatoms. The maximum absolute atomic E-state index is 11.3. The largest absolute Gasteiger partial charge is 0.497 e. The van der Waals surface area contributed by atoms with Gasteiger partial charge in [0.05, 0.1) is 13.0 Å². The summed E-state index contributed by atoms with van der Waals surface area (Å²) in [6.07, 6.45) is 0.702. The summed E-state index contributed by atoms with van der Waals surface area (Å²) in [7, 11) is 3.66. The lowest BCUT2D eigenvalue weighted by molar-refractivity contribution is -0.144. The Hall–Kier alpha value is -1.55. The van der Waals surface area contributed by atoms with Crippen LogP contribution in [-0.4, -0.2) is 43.2 Å². The molecule has 1 aliphatic heterocycles. The number of nitrogens with zero attached hydrogens (tertiary/aromatic N) is 1. The third-order valence-electron chi connectivity index (χ3n) is 3.66. The van der Waals surface area contributed by atoms with Crippen molar-refractivity contribution in [1.29, 1.82) is 0 Å². The van der Waals surface area contributed by atoms with E-state index in [9.17, 15) is 9.90 Å². The first-order chi connectivity index (χ1) is 8.61. The molecule has 1 aliphatic rings. The smallest absolute Gasteiger partial charge is 0.307 e. The summed E-state index contributed by atoms with van der Waals surface area (Å²) in [5.74, 6) is -0.176. The van der Waals surface area contributed by atoms with Crippen LogP contribution in [0.5, 0.6) is 5.75 Å². The summed E-state index contributed by atoms with van der Waals surface area (Å²) < 4.78 is 5.21. The number of ether oxygens (including phenoxy) is 1. The highest BCUT2D eigenvalue weighted by Gasteiger charge is 2.33. The van der Waals surface area contributed by atoms with Crippen LogP contribution in [0.25, 0.3) is 0 Å². The molecule has 2 unspecified atom stereocenters. The number of aliphatic carboxylic acids is 1. The molecule has 1 N–H and O–H groups in total. The van der Waals surface area contributed by atoms with E-state index in [1.165, 1.54) is 0 Å². The minimum absolute atomic E-state index is 0.0383. The Labute approximate surface area is 107 Å². The van der Waals surface area contributed by atoms with Crippen molar-refractivity contribution in [2.24, 2.45) is 5.92 Å². The zero-order valence-electron chi connectivity index (χ0n) is 10.8. The van der Waals surface area contributed by atoms with Gasteiger partial charge in [-0.2, -0.15) is 0 Å². The number of carbonyl (C=O) groups is 1. The molecule has 4 nitrogen and oxygen atoms in total. The van der Waals surface area contributed by atoms with E-state index in [4.69, 9.17) is 4.74 Å². The number of rotatable bonds is 3. The fourth-order valence-corrected chi connectivity index (χ4v) is 2.62. The number of hydrogen-bond acceptors (Lipinski definition) is 3. The average molecular weight is 249 g/mol. The van der Waals surface area contributed by atoms with Gasteiger partial charge in [0.1, 0.15) is 5.75 Å². The number of hydrogen-bond donors (Lipinski definition) is 1. The Morgan fingerprint density at radius 1 is 1.50 bits per heavy atom. The molecule has 98 valence electrons. The van der Waals surface area contributed by atoms with Crippen molar-refractivity contribution in [2.45, 2.75) is 12.3 Å². The van der Waals surface area contributed by atoms with E-state index in [0.29, 0.717) is 6.42 Å². The highest BCUT2D eigenvalue weighted by atomic mass is 16.5. The molecule has 0 saturated carbocycles. The van der Waals surface area contributed by atoms with E-state index in [0.717, 1.165) is 24.4 Å². The molecule has 0 radical (unpaired) electrons. The summed E-state index contributed by atoms with van der Waals surface area (Å²) in [6, 6.07) is 7.73. The fraction of sp³-hybridized carbons (Fsp3) is 0.500. The second-order valence-electron chi connectivity index (χ2n) is 4.88. The lowest BCUT2D eigenvalue weighted by atomic mass is 9.81. The van der Waals surface area contributed by atoms with Gasteiger partial charge in [0.2, 0.25) is 0 Å². The van der Waals surface area contributed by atoms with Gasteiger partial charge in [0.15, 0.2) is 0 Å². The number of carboxylic acids is 1. The Balaban J connectivity index is 2.28. The number of likely N-dealkylation sites (tertiary alicyclic amines) is 1. The van der Waals surface area contributed by atoms with Crippen LogP contribution in [0.3, 0.4) is 0 Å². The Morgan fingerprint density at radius 2 is 2.28 bits per heavy atom. The van der Waals surface area contributed by atoms with Crippen LogP contribution < -0.4 is 4.74 Å². The number of piperidine rings is 1. The lowest BCUT2D eigenvalue weighted by Gasteiger charge is -2.34. The molecule has 18 heavy (non-hydrogen) atoms. The Morgan fingerprint density at radius 3 is 2.94 bits per heavy atom. The summed E-state index contributed by atoms with van der Waals surface area (Å²) in [4.78, 5) is 13.5. The van der Waals surface area contributed by atoms with E-state index < -0.39 is 5.97 Å². The van der Waals surface area contributed by atoms with Gasteiger partial charge in [-0.25, -0.2) is 0 Å². The molecule has 0 amide bonds. The number of benzene rings is 1. The minimum atomic E-state index is -0.698. The minimum Gasteiger partial charge on any atom is -0.497 e.